The lowest BCUT2D eigenvalue weighted by Crippen LogP contribution is -2.15. The largest absolute Gasteiger partial charge is 0.477 e. The van der Waals surface area contributed by atoms with Gasteiger partial charge in [0.25, 0.3) is 0 Å². The van der Waals surface area contributed by atoms with Gasteiger partial charge in [-0.2, -0.15) is 18.2 Å². The Kier molecular flexibility index (Phi) is 4.35. The number of rotatable bonds is 6. The van der Waals surface area contributed by atoms with Crippen molar-refractivity contribution >= 4 is 5.82 Å². The fourth-order valence-electron chi connectivity index (χ4n) is 1.78. The number of aromatic nitrogens is 2. The average Bonchev–Trinajstić information content (AvgIpc) is 3.16. The van der Waals surface area contributed by atoms with Gasteiger partial charge in [0.15, 0.2) is 0 Å². The first kappa shape index (κ1) is 14.9. The second-order valence-corrected chi connectivity index (χ2v) is 4.88. The molecule has 7 heteroatoms. The van der Waals surface area contributed by atoms with Crippen molar-refractivity contribution in [2.75, 3.05) is 18.5 Å². The summed E-state index contributed by atoms with van der Waals surface area (Å²) >= 11 is 0. The lowest BCUT2D eigenvalue weighted by Gasteiger charge is -2.14. The first-order valence-electron chi connectivity index (χ1n) is 6.72. The zero-order valence-electron chi connectivity index (χ0n) is 11.5. The molecule has 112 valence electrons. The Morgan fingerprint density at radius 3 is 2.55 bits per heavy atom. The highest BCUT2D eigenvalue weighted by Gasteiger charge is 2.30. The summed E-state index contributed by atoms with van der Waals surface area (Å²) < 4.78 is 41.7. The molecule has 2 rings (SSSR count). The highest BCUT2D eigenvalue weighted by atomic mass is 19.4. The van der Waals surface area contributed by atoms with Crippen molar-refractivity contribution in [1.82, 2.24) is 9.97 Å². The molecule has 1 aromatic heterocycles. The van der Waals surface area contributed by atoms with Crippen molar-refractivity contribution in [3.63, 3.8) is 0 Å². The number of nitrogens with zero attached hydrogens (tertiary/aromatic N) is 2. The molecule has 0 bridgehead atoms. The maximum atomic E-state index is 12.2. The van der Waals surface area contributed by atoms with Gasteiger partial charge in [-0.05, 0) is 26.7 Å². The fourth-order valence-corrected chi connectivity index (χ4v) is 1.78. The summed E-state index contributed by atoms with van der Waals surface area (Å²) in [4.78, 5) is 8.67. The van der Waals surface area contributed by atoms with Crippen molar-refractivity contribution in [2.24, 2.45) is 0 Å². The number of anilines is 1. The summed E-state index contributed by atoms with van der Waals surface area (Å²) in [5.41, 5.74) is 0.651. The highest BCUT2D eigenvalue weighted by molar-refractivity contribution is 5.49. The Hall–Kier alpha value is -1.53. The van der Waals surface area contributed by atoms with Crippen molar-refractivity contribution < 1.29 is 17.9 Å². The van der Waals surface area contributed by atoms with E-state index in [2.05, 4.69) is 15.3 Å². The quantitative estimate of drug-likeness (QED) is 0.871. The molecule has 0 amide bonds. The van der Waals surface area contributed by atoms with Gasteiger partial charge >= 0.3 is 6.18 Å². The molecule has 20 heavy (non-hydrogen) atoms. The molecule has 1 aromatic rings. The van der Waals surface area contributed by atoms with Crippen molar-refractivity contribution in [3.8, 4) is 5.88 Å². The van der Waals surface area contributed by atoms with Gasteiger partial charge < -0.3 is 10.1 Å². The first-order chi connectivity index (χ1) is 9.40. The molecule has 4 nitrogen and oxygen atoms in total. The van der Waals surface area contributed by atoms with Crippen LogP contribution in [0.25, 0.3) is 0 Å². The molecule has 1 fully saturated rings. The Balaban J connectivity index is 2.13. The average molecular weight is 289 g/mol. The van der Waals surface area contributed by atoms with Crippen LogP contribution < -0.4 is 10.1 Å². The molecule has 0 aliphatic heterocycles. The van der Waals surface area contributed by atoms with Crippen LogP contribution in [0.2, 0.25) is 0 Å². The van der Waals surface area contributed by atoms with E-state index >= 15 is 0 Å². The van der Waals surface area contributed by atoms with Gasteiger partial charge in [0.05, 0.1) is 18.6 Å². The van der Waals surface area contributed by atoms with Crippen LogP contribution in [-0.2, 0) is 0 Å². The van der Waals surface area contributed by atoms with Gasteiger partial charge in [-0.15, -0.1) is 0 Å². The number of hydrogen-bond acceptors (Lipinski definition) is 4. The smallest absolute Gasteiger partial charge is 0.392 e. The number of ether oxygens (including phenoxy) is 1. The topological polar surface area (TPSA) is 47.0 Å². The molecule has 1 saturated carbocycles. The van der Waals surface area contributed by atoms with E-state index in [0.717, 1.165) is 12.8 Å². The van der Waals surface area contributed by atoms with Gasteiger partial charge in [0.1, 0.15) is 11.6 Å². The molecule has 0 saturated heterocycles. The summed E-state index contributed by atoms with van der Waals surface area (Å²) in [6.07, 6.45) is -3.15. The van der Waals surface area contributed by atoms with Crippen LogP contribution in [-0.4, -0.2) is 29.3 Å². The van der Waals surface area contributed by atoms with E-state index in [-0.39, 0.29) is 5.88 Å². The second-order valence-electron chi connectivity index (χ2n) is 4.88. The van der Waals surface area contributed by atoms with E-state index < -0.39 is 19.2 Å². The van der Waals surface area contributed by atoms with Gasteiger partial charge in [0, 0.05) is 12.5 Å². The van der Waals surface area contributed by atoms with Crippen LogP contribution in [0.15, 0.2) is 0 Å². The molecular weight excluding hydrogens is 271 g/mol. The summed E-state index contributed by atoms with van der Waals surface area (Å²) in [6, 6.07) is 0. The lowest BCUT2D eigenvalue weighted by molar-refractivity contribution is -0.139. The minimum atomic E-state index is -4.22. The van der Waals surface area contributed by atoms with E-state index in [0.29, 0.717) is 29.7 Å². The van der Waals surface area contributed by atoms with Crippen molar-refractivity contribution in [2.45, 2.75) is 45.2 Å². The van der Waals surface area contributed by atoms with E-state index in [1.165, 1.54) is 0 Å². The Morgan fingerprint density at radius 1 is 1.30 bits per heavy atom. The molecule has 0 unspecified atom stereocenters. The molecule has 1 aliphatic carbocycles. The third-order valence-corrected chi connectivity index (χ3v) is 3.03. The van der Waals surface area contributed by atoms with Gasteiger partial charge in [-0.25, -0.2) is 4.98 Å². The minimum absolute atomic E-state index is 0.252. The highest BCUT2D eigenvalue weighted by Crippen LogP contribution is 2.40. The van der Waals surface area contributed by atoms with Crippen LogP contribution in [0.1, 0.15) is 43.5 Å². The number of hydrogen-bond donors (Lipinski definition) is 1. The predicted molar refractivity (Wildman–Crippen MR) is 69.1 cm³/mol. The third kappa shape index (κ3) is 3.98. The summed E-state index contributed by atoms with van der Waals surface area (Å²) in [5.74, 6) is 1.88. The molecule has 0 radical (unpaired) electrons. The maximum absolute atomic E-state index is 12.2. The fraction of sp³-hybridized carbons (Fsp3) is 0.692. The van der Waals surface area contributed by atoms with Crippen LogP contribution in [0, 0.1) is 6.92 Å². The Morgan fingerprint density at radius 2 is 2.00 bits per heavy atom. The Labute approximate surface area is 115 Å². The standard InChI is InChI=1S/C13H18F3N3O/c1-3-17-10-8(2)12(20-7-6-13(14,15)16)19-11(18-10)9-4-5-9/h9H,3-7H2,1-2H3,(H,17,18,19). The molecule has 0 spiro atoms. The number of halogens is 3. The summed E-state index contributed by atoms with van der Waals surface area (Å²) in [5, 5.41) is 3.09. The summed E-state index contributed by atoms with van der Waals surface area (Å²) in [6.45, 7) is 3.95. The SMILES string of the molecule is CCNc1nc(C2CC2)nc(OCCC(F)(F)F)c1C. The normalized spacial score (nSPS) is 15.2. The number of nitrogens with one attached hydrogen (secondary N) is 1. The third-order valence-electron chi connectivity index (χ3n) is 3.03. The molecule has 0 atom stereocenters. The van der Waals surface area contributed by atoms with Crippen LogP contribution in [0.5, 0.6) is 5.88 Å². The minimum Gasteiger partial charge on any atom is -0.477 e. The monoisotopic (exact) mass is 289 g/mol. The van der Waals surface area contributed by atoms with Gasteiger partial charge in [-0.1, -0.05) is 0 Å². The van der Waals surface area contributed by atoms with Crippen LogP contribution >= 0.6 is 0 Å². The van der Waals surface area contributed by atoms with E-state index in [1.807, 2.05) is 6.92 Å². The molecule has 0 aromatic carbocycles. The van der Waals surface area contributed by atoms with Gasteiger partial charge in [-0.3, -0.25) is 0 Å². The zero-order chi connectivity index (χ0) is 14.8. The predicted octanol–water partition coefficient (Wildman–Crippen LogP) is 3.43. The van der Waals surface area contributed by atoms with Gasteiger partial charge in [0.2, 0.25) is 5.88 Å². The van der Waals surface area contributed by atoms with Crippen LogP contribution in [0.4, 0.5) is 19.0 Å². The van der Waals surface area contributed by atoms with Crippen LogP contribution in [0.3, 0.4) is 0 Å². The molecule has 1 N–H and O–H groups in total. The van der Waals surface area contributed by atoms with E-state index in [1.54, 1.807) is 6.92 Å². The summed E-state index contributed by atoms with van der Waals surface area (Å²) in [7, 11) is 0. The maximum Gasteiger partial charge on any atom is 0.392 e. The van der Waals surface area contributed by atoms with Crippen molar-refractivity contribution in [3.05, 3.63) is 11.4 Å². The van der Waals surface area contributed by atoms with Crippen molar-refractivity contribution in [1.29, 1.82) is 0 Å². The zero-order valence-corrected chi connectivity index (χ0v) is 11.5. The molecular formula is C13H18F3N3O. The van der Waals surface area contributed by atoms with E-state index in [4.69, 9.17) is 4.74 Å². The second kappa shape index (κ2) is 5.85. The molecule has 1 aliphatic rings. The molecule has 1 heterocycles. The number of alkyl halides is 3. The first-order valence-corrected chi connectivity index (χ1v) is 6.72. The Bertz CT molecular complexity index is 473. The lowest BCUT2D eigenvalue weighted by atomic mass is 10.3. The van der Waals surface area contributed by atoms with E-state index in [9.17, 15) is 13.2 Å².